The number of aliphatic hydroxyl groups excluding tert-OH is 2. The lowest BCUT2D eigenvalue weighted by Gasteiger charge is -2.29. The molecule has 1 heterocycles. The zero-order chi connectivity index (χ0) is 67.7. The molecule has 1 fully saturated rings. The lowest BCUT2D eigenvalue weighted by molar-refractivity contribution is -0.137. The van der Waals surface area contributed by atoms with Crippen LogP contribution in [0.3, 0.4) is 0 Å². The summed E-state index contributed by atoms with van der Waals surface area (Å²) in [6, 6.07) is 1.69. The summed E-state index contributed by atoms with van der Waals surface area (Å²) in [5.41, 5.74) is 31.9. The van der Waals surface area contributed by atoms with Gasteiger partial charge in [0.15, 0.2) is 0 Å². The van der Waals surface area contributed by atoms with Gasteiger partial charge in [-0.25, -0.2) is 0 Å². The molecule has 29 nitrogen and oxygen atoms in total. The molecule has 3 rings (SSSR count). The number of nitrogens with one attached hydrogen (secondary N) is 11. The van der Waals surface area contributed by atoms with Crippen LogP contribution >= 0.6 is 0 Å². The summed E-state index contributed by atoms with van der Waals surface area (Å²) in [4.78, 5) is 155. The Labute approximate surface area is 533 Å². The van der Waals surface area contributed by atoms with Gasteiger partial charge in [0, 0.05) is 19.4 Å². The van der Waals surface area contributed by atoms with Gasteiger partial charge < -0.3 is 97.4 Å². The molecular formula is C62H102N16O13. The normalized spacial score (nSPS) is 22.1. The van der Waals surface area contributed by atoms with Crippen molar-refractivity contribution in [1.29, 1.82) is 0 Å². The largest absolute Gasteiger partial charge is 0.391 e. The highest BCUT2D eigenvalue weighted by molar-refractivity contribution is 5.99. The van der Waals surface area contributed by atoms with E-state index >= 15 is 0 Å². The minimum absolute atomic E-state index is 0.0210. The van der Waals surface area contributed by atoms with E-state index < -0.39 is 151 Å². The van der Waals surface area contributed by atoms with Crippen LogP contribution in [0.2, 0.25) is 0 Å². The van der Waals surface area contributed by atoms with Gasteiger partial charge in [-0.05, 0) is 126 Å². The molecule has 1 aliphatic rings. The Kier molecular flexibility index (Phi) is 34.9. The van der Waals surface area contributed by atoms with Crippen LogP contribution in [0.5, 0.6) is 0 Å². The number of carbonyl (C=O) groups excluding carboxylic acids is 11. The third-order valence-electron chi connectivity index (χ3n) is 15.5. The average molecular weight is 1280 g/mol. The molecule has 0 radical (unpaired) electrons. The van der Waals surface area contributed by atoms with Gasteiger partial charge in [-0.15, -0.1) is 0 Å². The van der Waals surface area contributed by atoms with Crippen LogP contribution in [0.25, 0.3) is 11.1 Å². The standard InChI is InChI=1S/C62H102N16O13/c1-7-36(4)13-11-12-16-50(81)69-42(21-27-63)57(86)78-52(38(6)80)62(91)74-45(24-30-66)54(83)73-47-26-32-68-61(90)51(37(5)79)77-58(87)46(25-31-67)71-53(82)43(22-28-64)72-59(88)48(33-35(2)3)75-60(89)49(76-55(84)44(23-29-65)70-56(47)85)34-39-17-19-41(20-18-39)40-14-9-8-10-15-40/h8-10,14-15,17-20,35-38,42-49,51-52,79-80H,7,11-13,16,21-34,63-67H2,1-6H3,(H,68,90)(H,69,81)(H,70,85)(H,71,82)(H,72,88)(H,73,83)(H,74,91)(H,75,89)(H,76,84)(H,77,87)(H,78,86)/t36-,37+,38+,42-,43-,44-,45-,46-,47-,48-,49+,51-,52-/m0/s1. The lowest BCUT2D eigenvalue weighted by Crippen LogP contribution is -2.62. The van der Waals surface area contributed by atoms with Crippen molar-refractivity contribution in [2.45, 2.75) is 198 Å². The van der Waals surface area contributed by atoms with Crippen LogP contribution in [-0.2, 0) is 59.2 Å². The van der Waals surface area contributed by atoms with Crippen LogP contribution in [-0.4, -0.2) is 187 Å². The molecule has 1 aliphatic heterocycles. The maximum absolute atomic E-state index is 14.7. The number of nitrogens with two attached hydrogens (primary N) is 5. The molecule has 0 aliphatic carbocycles. The number of hydrogen-bond donors (Lipinski definition) is 18. The number of carbonyl (C=O) groups is 11. The highest BCUT2D eigenvalue weighted by atomic mass is 16.3. The van der Waals surface area contributed by atoms with Crippen molar-refractivity contribution < 1.29 is 63.0 Å². The fraction of sp³-hybridized carbons (Fsp3) is 0.629. The molecule has 0 saturated carbocycles. The van der Waals surface area contributed by atoms with Gasteiger partial charge in [-0.2, -0.15) is 0 Å². The highest BCUT2D eigenvalue weighted by Crippen LogP contribution is 2.21. The Morgan fingerprint density at radius 2 is 1.03 bits per heavy atom. The van der Waals surface area contributed by atoms with Crippen molar-refractivity contribution in [2.75, 3.05) is 39.3 Å². The fourth-order valence-electron chi connectivity index (χ4n) is 9.97. The lowest BCUT2D eigenvalue weighted by atomic mass is 9.98. The van der Waals surface area contributed by atoms with Gasteiger partial charge in [0.1, 0.15) is 60.4 Å². The molecule has 0 aromatic heterocycles. The fourth-order valence-corrected chi connectivity index (χ4v) is 9.97. The zero-order valence-electron chi connectivity index (χ0n) is 53.5. The van der Waals surface area contributed by atoms with Gasteiger partial charge in [0.2, 0.25) is 65.0 Å². The zero-order valence-corrected chi connectivity index (χ0v) is 53.5. The van der Waals surface area contributed by atoms with Crippen molar-refractivity contribution in [3.8, 4) is 11.1 Å². The van der Waals surface area contributed by atoms with Crippen LogP contribution in [0.1, 0.15) is 124 Å². The van der Waals surface area contributed by atoms with Crippen LogP contribution < -0.4 is 87.2 Å². The van der Waals surface area contributed by atoms with E-state index in [1.807, 2.05) is 42.5 Å². The predicted molar refractivity (Wildman–Crippen MR) is 342 cm³/mol. The topological polar surface area (TPSA) is 491 Å². The van der Waals surface area contributed by atoms with Gasteiger partial charge in [-0.1, -0.05) is 102 Å². The number of amides is 11. The Balaban J connectivity index is 2.12. The maximum Gasteiger partial charge on any atom is 0.245 e. The Morgan fingerprint density at radius 3 is 1.55 bits per heavy atom. The van der Waals surface area contributed by atoms with Crippen molar-refractivity contribution in [2.24, 2.45) is 40.5 Å². The van der Waals surface area contributed by atoms with E-state index in [0.29, 0.717) is 17.9 Å². The Morgan fingerprint density at radius 1 is 0.538 bits per heavy atom. The van der Waals surface area contributed by atoms with Crippen molar-refractivity contribution in [3.05, 3.63) is 60.2 Å². The third-order valence-corrected chi connectivity index (χ3v) is 15.5. The monoisotopic (exact) mass is 1280 g/mol. The molecule has 23 N–H and O–H groups in total. The van der Waals surface area contributed by atoms with Crippen molar-refractivity contribution in [1.82, 2.24) is 58.5 Å². The summed E-state index contributed by atoms with van der Waals surface area (Å²) in [7, 11) is 0. The van der Waals surface area contributed by atoms with Gasteiger partial charge in [-0.3, -0.25) is 52.7 Å². The molecular weight excluding hydrogens is 1180 g/mol. The summed E-state index contributed by atoms with van der Waals surface area (Å²) in [5.74, 6) is -9.53. The molecule has 13 atom stereocenters. The van der Waals surface area contributed by atoms with Crippen LogP contribution in [0.4, 0.5) is 0 Å². The highest BCUT2D eigenvalue weighted by Gasteiger charge is 2.38. The van der Waals surface area contributed by atoms with E-state index in [1.54, 1.807) is 26.0 Å². The molecule has 2 aromatic carbocycles. The number of aliphatic hydroxyl groups is 2. The second-order valence-electron chi connectivity index (χ2n) is 23.6. The van der Waals surface area contributed by atoms with Gasteiger partial charge >= 0.3 is 0 Å². The van der Waals surface area contributed by atoms with E-state index in [1.165, 1.54) is 13.8 Å². The number of hydrogen-bond acceptors (Lipinski definition) is 18. The van der Waals surface area contributed by atoms with Crippen molar-refractivity contribution >= 4 is 65.0 Å². The summed E-state index contributed by atoms with van der Waals surface area (Å²) in [6.07, 6.45) is -1.17. The smallest absolute Gasteiger partial charge is 0.245 e. The van der Waals surface area contributed by atoms with E-state index in [4.69, 9.17) is 28.7 Å². The minimum atomic E-state index is -1.71. The summed E-state index contributed by atoms with van der Waals surface area (Å²) in [5, 5.41) is 50.0. The second-order valence-corrected chi connectivity index (χ2v) is 23.6. The Hall–Kier alpha value is -7.67. The molecule has 2 aromatic rings. The summed E-state index contributed by atoms with van der Waals surface area (Å²) in [6.45, 7) is 8.97. The van der Waals surface area contributed by atoms with E-state index in [9.17, 15) is 63.0 Å². The van der Waals surface area contributed by atoms with Gasteiger partial charge in [0.25, 0.3) is 0 Å². The van der Waals surface area contributed by atoms with Crippen molar-refractivity contribution in [3.63, 3.8) is 0 Å². The first-order chi connectivity index (χ1) is 43.3. The molecule has 91 heavy (non-hydrogen) atoms. The molecule has 0 bridgehead atoms. The Bertz CT molecular complexity index is 2670. The van der Waals surface area contributed by atoms with Gasteiger partial charge in [0.05, 0.1) is 12.2 Å². The van der Waals surface area contributed by atoms with Crippen LogP contribution in [0.15, 0.2) is 54.6 Å². The van der Waals surface area contributed by atoms with Crippen LogP contribution in [0, 0.1) is 11.8 Å². The van der Waals surface area contributed by atoms with E-state index in [-0.39, 0.29) is 90.0 Å². The number of unbranched alkanes of at least 4 members (excludes halogenated alkanes) is 1. The number of rotatable bonds is 30. The molecule has 508 valence electrons. The SMILES string of the molecule is CC[C@H](C)CCCCC(=O)N[C@@H](CCN)C(=O)N[C@H](C(=O)N[C@@H](CCN)C(=O)N[C@H]1CCNC(=O)[C@H]([C@@H](C)O)NC(=O)[C@H](CCN)NC(=O)[C@H](CCN)NC(=O)[C@H](CC(C)C)NC(=O)[C@@H](Cc2ccc(-c3ccccc3)cc2)NC(=O)[C@H](CCN)NC1=O)[C@@H](C)O. The molecule has 29 heteroatoms. The first kappa shape index (κ1) is 77.6. The molecule has 1 saturated heterocycles. The first-order valence-corrected chi connectivity index (χ1v) is 31.6. The predicted octanol–water partition coefficient (Wildman–Crippen LogP) is -3.58. The summed E-state index contributed by atoms with van der Waals surface area (Å²) < 4.78 is 0. The quantitative estimate of drug-likeness (QED) is 0.0336. The molecule has 0 unspecified atom stereocenters. The molecule has 0 spiro atoms. The average Bonchev–Trinajstić information content (AvgIpc) is 1.43. The number of benzene rings is 2. The third kappa shape index (κ3) is 27.0. The minimum Gasteiger partial charge on any atom is -0.391 e. The second kappa shape index (κ2) is 40.9. The van der Waals surface area contributed by atoms with E-state index in [0.717, 1.165) is 30.4 Å². The molecule has 11 amide bonds. The first-order valence-electron chi connectivity index (χ1n) is 31.6. The maximum atomic E-state index is 14.7. The summed E-state index contributed by atoms with van der Waals surface area (Å²) >= 11 is 0. The van der Waals surface area contributed by atoms with E-state index in [2.05, 4.69) is 72.3 Å².